The zero-order valence-corrected chi connectivity index (χ0v) is 20.1. The fraction of sp³-hybridized carbons (Fsp3) is 0.889. The highest BCUT2D eigenvalue weighted by Crippen LogP contribution is 2.69. The van der Waals surface area contributed by atoms with Gasteiger partial charge < -0.3 is 20.4 Å². The first-order chi connectivity index (χ1) is 15.1. The molecule has 0 radical (unpaired) electrons. The number of carboxylic acids is 1. The summed E-state index contributed by atoms with van der Waals surface area (Å²) in [6.45, 7) is 10.7. The fourth-order valence-corrected chi connectivity index (χ4v) is 9.41. The van der Waals surface area contributed by atoms with Gasteiger partial charge in [-0.1, -0.05) is 26.8 Å². The highest BCUT2D eigenvalue weighted by molar-refractivity contribution is 5.66. The van der Waals surface area contributed by atoms with E-state index in [1.54, 1.807) is 0 Å². The number of aliphatic hydroxyl groups is 3. The van der Waals surface area contributed by atoms with Gasteiger partial charge in [-0.3, -0.25) is 4.79 Å². The summed E-state index contributed by atoms with van der Waals surface area (Å²) in [7, 11) is 0. The van der Waals surface area contributed by atoms with Crippen LogP contribution in [0.2, 0.25) is 0 Å². The molecule has 4 saturated carbocycles. The SMILES string of the molecule is C=CC[C@H]1[C@@H](O)[C@@H]2[C@H](C[C@H](O)[C@@]3(C)[C@H]2CC[C@H]3[C@H](C)CCC(=O)O)[C@@]2(C)CC[C@@H](O)C[C@@H]12. The number of hydrogen-bond acceptors (Lipinski definition) is 4. The summed E-state index contributed by atoms with van der Waals surface area (Å²) in [5.41, 5.74) is -0.262. The Morgan fingerprint density at radius 3 is 2.47 bits per heavy atom. The third kappa shape index (κ3) is 3.58. The van der Waals surface area contributed by atoms with Gasteiger partial charge in [-0.25, -0.2) is 0 Å². The maximum absolute atomic E-state index is 11.8. The smallest absolute Gasteiger partial charge is 0.303 e. The van der Waals surface area contributed by atoms with Crippen LogP contribution >= 0.6 is 0 Å². The van der Waals surface area contributed by atoms with Crippen LogP contribution in [0.5, 0.6) is 0 Å². The first-order valence-corrected chi connectivity index (χ1v) is 12.9. The number of fused-ring (bicyclic) bond motifs is 5. The second-order valence-electron chi connectivity index (χ2n) is 12.2. The van der Waals surface area contributed by atoms with E-state index in [1.165, 1.54) is 0 Å². The summed E-state index contributed by atoms with van der Waals surface area (Å²) in [5.74, 6) is 0.797. The lowest BCUT2D eigenvalue weighted by Gasteiger charge is -2.65. The van der Waals surface area contributed by atoms with Gasteiger partial charge in [-0.2, -0.15) is 0 Å². The van der Waals surface area contributed by atoms with Crippen LogP contribution in [0.1, 0.15) is 78.6 Å². The van der Waals surface area contributed by atoms with Crippen LogP contribution in [-0.2, 0) is 4.79 Å². The summed E-state index contributed by atoms with van der Waals surface area (Å²) in [4.78, 5) is 11.2. The molecule has 0 heterocycles. The summed E-state index contributed by atoms with van der Waals surface area (Å²) in [6, 6.07) is 0. The second-order valence-corrected chi connectivity index (χ2v) is 12.2. The molecule has 0 saturated heterocycles. The van der Waals surface area contributed by atoms with Gasteiger partial charge in [0.2, 0.25) is 0 Å². The standard InChI is InChI=1S/C27H44O5/c1-5-6-17-20-13-16(28)11-12-26(20,3)21-14-22(29)27(4)18(15(2)7-10-23(30)31)8-9-19(27)24(21)25(17)32/h5,15-22,24-25,28-29,32H,1,6-14H2,2-4H3,(H,30,31)/t15-,16-,17-,18+,19+,20+,21+,22+,24+,25-,26+,27-/m1/s1. The van der Waals surface area contributed by atoms with Crippen molar-refractivity contribution in [1.29, 1.82) is 0 Å². The molecule has 0 aromatic rings. The molecule has 5 heteroatoms. The molecule has 182 valence electrons. The third-order valence-electron chi connectivity index (χ3n) is 11.0. The summed E-state index contributed by atoms with van der Waals surface area (Å²) in [5, 5.41) is 43.1. The number of aliphatic hydroxyl groups excluding tert-OH is 3. The van der Waals surface area contributed by atoms with Crippen molar-refractivity contribution in [2.45, 2.75) is 96.9 Å². The van der Waals surface area contributed by atoms with Crippen molar-refractivity contribution >= 4 is 5.97 Å². The van der Waals surface area contributed by atoms with Gasteiger partial charge in [-0.15, -0.1) is 6.58 Å². The number of hydrogen-bond donors (Lipinski definition) is 4. The predicted molar refractivity (Wildman–Crippen MR) is 124 cm³/mol. The van der Waals surface area contributed by atoms with Crippen molar-refractivity contribution in [3.8, 4) is 0 Å². The maximum atomic E-state index is 11.8. The average molecular weight is 449 g/mol. The molecule has 0 aromatic carbocycles. The Hall–Kier alpha value is -0.910. The minimum Gasteiger partial charge on any atom is -0.481 e. The molecular formula is C27H44O5. The van der Waals surface area contributed by atoms with Gasteiger partial charge in [0, 0.05) is 6.42 Å². The van der Waals surface area contributed by atoms with Crippen LogP contribution in [-0.4, -0.2) is 44.7 Å². The normalized spacial score (nSPS) is 51.2. The molecule has 4 N–H and O–H groups in total. The molecule has 4 aliphatic carbocycles. The van der Waals surface area contributed by atoms with Crippen LogP contribution in [0.4, 0.5) is 0 Å². The highest BCUT2D eigenvalue weighted by Gasteiger charge is 2.67. The largest absolute Gasteiger partial charge is 0.481 e. The summed E-state index contributed by atoms with van der Waals surface area (Å²) < 4.78 is 0. The number of aliphatic carboxylic acids is 1. The Balaban J connectivity index is 1.68. The molecule has 4 rings (SSSR count). The Labute approximate surface area is 193 Å². The van der Waals surface area contributed by atoms with Crippen molar-refractivity contribution in [2.24, 2.45) is 52.3 Å². The Morgan fingerprint density at radius 2 is 1.81 bits per heavy atom. The third-order valence-corrected chi connectivity index (χ3v) is 11.0. The average Bonchev–Trinajstić information content (AvgIpc) is 3.10. The van der Waals surface area contributed by atoms with E-state index < -0.39 is 18.2 Å². The Morgan fingerprint density at radius 1 is 1.09 bits per heavy atom. The molecular weight excluding hydrogens is 404 g/mol. The van der Waals surface area contributed by atoms with E-state index in [1.807, 2.05) is 6.08 Å². The monoisotopic (exact) mass is 448 g/mol. The van der Waals surface area contributed by atoms with Crippen LogP contribution in [0.25, 0.3) is 0 Å². The topological polar surface area (TPSA) is 98.0 Å². The summed E-state index contributed by atoms with van der Waals surface area (Å²) >= 11 is 0. The van der Waals surface area contributed by atoms with Gasteiger partial charge in [-0.05, 0) is 104 Å². The van der Waals surface area contributed by atoms with Gasteiger partial charge >= 0.3 is 5.97 Å². The molecule has 0 aromatic heterocycles. The zero-order valence-electron chi connectivity index (χ0n) is 20.1. The van der Waals surface area contributed by atoms with Gasteiger partial charge in [0.1, 0.15) is 0 Å². The molecule has 0 aliphatic heterocycles. The van der Waals surface area contributed by atoms with Crippen LogP contribution in [0.15, 0.2) is 12.7 Å². The minimum absolute atomic E-state index is 0.0200. The van der Waals surface area contributed by atoms with Gasteiger partial charge in [0.15, 0.2) is 0 Å². The van der Waals surface area contributed by atoms with Crippen LogP contribution in [0, 0.1) is 52.3 Å². The molecule has 5 nitrogen and oxygen atoms in total. The van der Waals surface area contributed by atoms with E-state index in [0.29, 0.717) is 12.8 Å². The first kappa shape index (κ1) is 24.2. The summed E-state index contributed by atoms with van der Waals surface area (Å²) in [6.07, 6.45) is 7.55. The van der Waals surface area contributed by atoms with Crippen molar-refractivity contribution < 1.29 is 25.2 Å². The van der Waals surface area contributed by atoms with Gasteiger partial charge in [0.05, 0.1) is 18.3 Å². The Kier molecular flexibility index (Phi) is 6.59. The lowest BCUT2D eigenvalue weighted by atomic mass is 9.41. The maximum Gasteiger partial charge on any atom is 0.303 e. The van der Waals surface area contributed by atoms with Crippen LogP contribution in [0.3, 0.4) is 0 Å². The van der Waals surface area contributed by atoms with E-state index in [4.69, 9.17) is 0 Å². The predicted octanol–water partition coefficient (Wildman–Crippen LogP) is 4.25. The van der Waals surface area contributed by atoms with Gasteiger partial charge in [0.25, 0.3) is 0 Å². The molecule has 0 unspecified atom stereocenters. The molecule has 0 spiro atoms. The quantitative estimate of drug-likeness (QED) is 0.455. The molecule has 4 fully saturated rings. The van der Waals surface area contributed by atoms with Crippen molar-refractivity contribution in [3.63, 3.8) is 0 Å². The molecule has 0 amide bonds. The number of allylic oxidation sites excluding steroid dienone is 1. The number of rotatable bonds is 6. The first-order valence-electron chi connectivity index (χ1n) is 12.9. The lowest BCUT2D eigenvalue weighted by molar-refractivity contribution is -0.227. The molecule has 12 atom stereocenters. The van der Waals surface area contributed by atoms with E-state index in [9.17, 15) is 25.2 Å². The molecule has 0 bridgehead atoms. The van der Waals surface area contributed by atoms with Crippen molar-refractivity contribution in [2.75, 3.05) is 0 Å². The highest BCUT2D eigenvalue weighted by atomic mass is 16.4. The van der Waals surface area contributed by atoms with E-state index in [2.05, 4.69) is 27.4 Å². The van der Waals surface area contributed by atoms with E-state index >= 15 is 0 Å². The number of carbonyl (C=O) groups is 1. The molecule has 4 aliphatic rings. The van der Waals surface area contributed by atoms with E-state index in [-0.39, 0.29) is 64.8 Å². The number of carboxylic acid groups (broad SMARTS) is 1. The second kappa shape index (κ2) is 8.70. The van der Waals surface area contributed by atoms with Crippen molar-refractivity contribution in [1.82, 2.24) is 0 Å². The minimum atomic E-state index is -0.755. The van der Waals surface area contributed by atoms with E-state index in [0.717, 1.165) is 38.5 Å². The molecule has 32 heavy (non-hydrogen) atoms. The zero-order chi connectivity index (χ0) is 23.4. The Bertz CT molecular complexity index is 723. The van der Waals surface area contributed by atoms with Crippen LogP contribution < -0.4 is 0 Å². The van der Waals surface area contributed by atoms with Crippen molar-refractivity contribution in [3.05, 3.63) is 12.7 Å². The fourth-order valence-electron chi connectivity index (χ4n) is 9.41. The lowest BCUT2D eigenvalue weighted by Crippen LogP contribution is -2.65.